The van der Waals surface area contributed by atoms with Crippen LogP contribution in [0.5, 0.6) is 0 Å². The Morgan fingerprint density at radius 2 is 2.05 bits per heavy atom. The van der Waals surface area contributed by atoms with E-state index in [1.165, 1.54) is 4.31 Å². The van der Waals surface area contributed by atoms with E-state index in [0.717, 1.165) is 11.8 Å². The molecular weight excluding hydrogens is 312 g/mol. The largest absolute Gasteiger partial charge is 0.353 e. The van der Waals surface area contributed by atoms with Crippen molar-refractivity contribution in [2.45, 2.75) is 26.3 Å². The van der Waals surface area contributed by atoms with Crippen LogP contribution in [0, 0.1) is 0 Å². The Morgan fingerprint density at radius 3 is 2.57 bits per heavy atom. The predicted molar refractivity (Wildman–Crippen MR) is 84.9 cm³/mol. The third kappa shape index (κ3) is 6.93. The van der Waals surface area contributed by atoms with E-state index in [9.17, 15) is 13.2 Å². The van der Waals surface area contributed by atoms with Gasteiger partial charge in [0.05, 0.1) is 12.8 Å². The molecule has 1 rings (SSSR count). The molecular formula is C14H21ClN2O3S. The Morgan fingerprint density at radius 1 is 1.38 bits per heavy atom. The lowest BCUT2D eigenvalue weighted by Crippen LogP contribution is -2.43. The lowest BCUT2D eigenvalue weighted by molar-refractivity contribution is -0.121. The van der Waals surface area contributed by atoms with Crippen LogP contribution in [0.25, 0.3) is 0 Å². The van der Waals surface area contributed by atoms with Gasteiger partial charge in [0.1, 0.15) is 0 Å². The molecule has 0 aliphatic carbocycles. The van der Waals surface area contributed by atoms with E-state index in [4.69, 9.17) is 11.6 Å². The van der Waals surface area contributed by atoms with E-state index < -0.39 is 10.0 Å². The van der Waals surface area contributed by atoms with Crippen molar-refractivity contribution in [3.63, 3.8) is 0 Å². The zero-order valence-electron chi connectivity index (χ0n) is 12.5. The highest BCUT2D eigenvalue weighted by atomic mass is 35.5. The summed E-state index contributed by atoms with van der Waals surface area (Å²) in [4.78, 5) is 11.7. The van der Waals surface area contributed by atoms with Crippen molar-refractivity contribution >= 4 is 27.5 Å². The van der Waals surface area contributed by atoms with Gasteiger partial charge in [-0.05, 0) is 38.0 Å². The van der Waals surface area contributed by atoms with Crippen molar-refractivity contribution < 1.29 is 13.2 Å². The molecule has 1 aromatic rings. The number of nitrogens with one attached hydrogen (secondary N) is 1. The number of rotatable bonds is 7. The summed E-state index contributed by atoms with van der Waals surface area (Å²) < 4.78 is 24.7. The van der Waals surface area contributed by atoms with Crippen molar-refractivity contribution in [3.05, 3.63) is 34.9 Å². The molecule has 1 amide bonds. The van der Waals surface area contributed by atoms with Crippen LogP contribution in [0.4, 0.5) is 0 Å². The Bertz CT molecular complexity index is 588. The molecule has 0 heterocycles. The average molecular weight is 333 g/mol. The predicted octanol–water partition coefficient (Wildman–Crippen LogP) is 1.67. The molecule has 0 bridgehead atoms. The molecule has 0 atom stereocenters. The molecule has 7 heteroatoms. The summed E-state index contributed by atoms with van der Waals surface area (Å²) in [7, 11) is -3.44. The minimum absolute atomic E-state index is 0.0214. The molecule has 0 radical (unpaired) electrons. The summed E-state index contributed by atoms with van der Waals surface area (Å²) in [5.41, 5.74) is 0.931. The second-order valence-corrected chi connectivity index (χ2v) is 7.62. The minimum atomic E-state index is -3.44. The second kappa shape index (κ2) is 7.77. The molecule has 0 spiro atoms. The number of carbonyl (C=O) groups is 1. The van der Waals surface area contributed by atoms with Gasteiger partial charge in [-0.3, -0.25) is 4.79 Å². The first-order valence-corrected chi connectivity index (χ1v) is 8.90. The molecule has 1 N–H and O–H groups in total. The quantitative estimate of drug-likeness (QED) is 0.826. The first-order chi connectivity index (χ1) is 9.68. The van der Waals surface area contributed by atoms with E-state index in [0.29, 0.717) is 11.4 Å². The van der Waals surface area contributed by atoms with E-state index >= 15 is 0 Å². The monoisotopic (exact) mass is 332 g/mol. The minimum Gasteiger partial charge on any atom is -0.353 e. The molecule has 0 fully saturated rings. The highest BCUT2D eigenvalue weighted by Crippen LogP contribution is 2.12. The molecule has 0 saturated heterocycles. The Hall–Kier alpha value is -1.11. The maximum atomic E-state index is 11.8. The van der Waals surface area contributed by atoms with Gasteiger partial charge >= 0.3 is 0 Å². The lowest BCUT2D eigenvalue weighted by atomic mass is 10.1. The summed E-state index contributed by atoms with van der Waals surface area (Å²) in [6, 6.07) is 7.21. The topological polar surface area (TPSA) is 66.5 Å². The number of halogens is 1. The van der Waals surface area contributed by atoms with Gasteiger partial charge in [-0.1, -0.05) is 23.7 Å². The molecule has 1 aromatic carbocycles. The molecule has 0 aromatic heterocycles. The average Bonchev–Trinajstić information content (AvgIpc) is 2.32. The van der Waals surface area contributed by atoms with Gasteiger partial charge in [-0.25, -0.2) is 8.42 Å². The van der Waals surface area contributed by atoms with Gasteiger partial charge in [-0.15, -0.1) is 0 Å². The van der Waals surface area contributed by atoms with Crippen LogP contribution in [0.1, 0.15) is 19.4 Å². The van der Waals surface area contributed by atoms with E-state index in [2.05, 4.69) is 5.32 Å². The van der Waals surface area contributed by atoms with Gasteiger partial charge < -0.3 is 5.32 Å². The summed E-state index contributed by atoms with van der Waals surface area (Å²) in [6.07, 6.45) is 1.61. The Labute approximate surface area is 131 Å². The number of carbonyl (C=O) groups excluding carboxylic acids is 1. The van der Waals surface area contributed by atoms with Gasteiger partial charge in [0, 0.05) is 17.6 Å². The molecule has 118 valence electrons. The van der Waals surface area contributed by atoms with Crippen LogP contribution in [-0.2, 0) is 21.2 Å². The zero-order valence-corrected chi connectivity index (χ0v) is 14.0. The zero-order chi connectivity index (χ0) is 16.0. The maximum absolute atomic E-state index is 11.8. The summed E-state index contributed by atoms with van der Waals surface area (Å²) in [6.45, 7) is 3.73. The van der Waals surface area contributed by atoms with Crippen LogP contribution in [0.15, 0.2) is 24.3 Å². The fourth-order valence-electron chi connectivity index (χ4n) is 1.84. The number of amides is 1. The van der Waals surface area contributed by atoms with Crippen molar-refractivity contribution in [1.82, 2.24) is 9.62 Å². The van der Waals surface area contributed by atoms with Crippen LogP contribution in [0.2, 0.25) is 5.02 Å². The van der Waals surface area contributed by atoms with Gasteiger partial charge in [0.15, 0.2) is 0 Å². The summed E-state index contributed by atoms with van der Waals surface area (Å²) in [5.74, 6) is -0.304. The van der Waals surface area contributed by atoms with E-state index in [1.54, 1.807) is 12.1 Å². The highest BCUT2D eigenvalue weighted by Gasteiger charge is 2.20. The maximum Gasteiger partial charge on any atom is 0.235 e. The summed E-state index contributed by atoms with van der Waals surface area (Å²) in [5, 5.41) is 3.29. The summed E-state index contributed by atoms with van der Waals surface area (Å²) >= 11 is 5.90. The normalized spacial score (nSPS) is 11.9. The van der Waals surface area contributed by atoms with Crippen molar-refractivity contribution in [3.8, 4) is 0 Å². The number of benzene rings is 1. The van der Waals surface area contributed by atoms with Crippen molar-refractivity contribution in [2.75, 3.05) is 19.3 Å². The van der Waals surface area contributed by atoms with Crippen molar-refractivity contribution in [2.24, 2.45) is 0 Å². The first kappa shape index (κ1) is 17.9. The van der Waals surface area contributed by atoms with Crippen LogP contribution < -0.4 is 5.32 Å². The number of nitrogens with zero attached hydrogens (tertiary/aromatic N) is 1. The molecule has 0 saturated carbocycles. The standard InChI is InChI=1S/C14H21ClN2O3S/c1-11(2)16-14(18)10-17(21(3,19)20)8-7-12-5-4-6-13(15)9-12/h4-6,9,11H,7-8,10H2,1-3H3,(H,16,18). The molecule has 0 aliphatic heterocycles. The highest BCUT2D eigenvalue weighted by molar-refractivity contribution is 7.88. The smallest absolute Gasteiger partial charge is 0.235 e. The molecule has 21 heavy (non-hydrogen) atoms. The van der Waals surface area contributed by atoms with Gasteiger partial charge in [0.25, 0.3) is 0 Å². The number of sulfonamides is 1. The van der Waals surface area contributed by atoms with E-state index in [-0.39, 0.29) is 25.0 Å². The fraction of sp³-hybridized carbons (Fsp3) is 0.500. The Kier molecular flexibility index (Phi) is 6.64. The van der Waals surface area contributed by atoms with Crippen molar-refractivity contribution in [1.29, 1.82) is 0 Å². The fourth-order valence-corrected chi connectivity index (χ4v) is 2.82. The van der Waals surface area contributed by atoms with E-state index in [1.807, 2.05) is 26.0 Å². The van der Waals surface area contributed by atoms with Crippen LogP contribution in [0.3, 0.4) is 0 Å². The van der Waals surface area contributed by atoms with Gasteiger partial charge in [0.2, 0.25) is 15.9 Å². The Balaban J connectivity index is 2.69. The molecule has 5 nitrogen and oxygen atoms in total. The SMILES string of the molecule is CC(C)NC(=O)CN(CCc1cccc(Cl)c1)S(C)(=O)=O. The number of hydrogen-bond donors (Lipinski definition) is 1. The van der Waals surface area contributed by atoms with Crippen LogP contribution in [-0.4, -0.2) is 44.0 Å². The third-order valence-electron chi connectivity index (χ3n) is 2.78. The third-order valence-corrected chi connectivity index (χ3v) is 4.26. The van der Waals surface area contributed by atoms with Crippen LogP contribution >= 0.6 is 11.6 Å². The molecule has 0 unspecified atom stereocenters. The number of hydrogen-bond acceptors (Lipinski definition) is 3. The second-order valence-electron chi connectivity index (χ2n) is 5.20. The lowest BCUT2D eigenvalue weighted by Gasteiger charge is -2.20. The first-order valence-electron chi connectivity index (χ1n) is 6.67. The van der Waals surface area contributed by atoms with Gasteiger partial charge in [-0.2, -0.15) is 4.31 Å². The molecule has 0 aliphatic rings.